The molecule has 5 nitrogen and oxygen atoms in total. The molecule has 0 aliphatic carbocycles. The predicted octanol–water partition coefficient (Wildman–Crippen LogP) is 2.07. The van der Waals surface area contributed by atoms with E-state index in [4.69, 9.17) is 9.84 Å². The molecular weight excluding hydrogens is 246 g/mol. The van der Waals surface area contributed by atoms with Crippen LogP contribution < -0.4 is 10.1 Å². The monoisotopic (exact) mass is 265 g/mol. The fourth-order valence-electron chi connectivity index (χ4n) is 1.37. The normalized spacial score (nSPS) is 11.2. The molecule has 5 heteroatoms. The molecule has 1 amide bonds. The van der Waals surface area contributed by atoms with Gasteiger partial charge in [-0.05, 0) is 52.0 Å². The summed E-state index contributed by atoms with van der Waals surface area (Å²) in [5.41, 5.74) is -0.907. The van der Waals surface area contributed by atoms with Gasteiger partial charge < -0.3 is 15.2 Å². The molecule has 1 aromatic rings. The van der Waals surface area contributed by atoms with Gasteiger partial charge in [0.2, 0.25) is 0 Å². The molecule has 0 atom stereocenters. The Morgan fingerprint density at radius 1 is 1.21 bits per heavy atom. The zero-order chi connectivity index (χ0) is 14.6. The predicted molar refractivity (Wildman–Crippen MR) is 71.4 cm³/mol. The quantitative estimate of drug-likeness (QED) is 0.854. The van der Waals surface area contributed by atoms with Crippen molar-refractivity contribution in [3.63, 3.8) is 0 Å². The van der Waals surface area contributed by atoms with Gasteiger partial charge in [0.05, 0.1) is 6.10 Å². The van der Waals surface area contributed by atoms with E-state index in [9.17, 15) is 9.59 Å². The Kier molecular flexibility index (Phi) is 4.53. The Bertz CT molecular complexity index is 463. The number of amides is 1. The highest BCUT2D eigenvalue weighted by atomic mass is 16.5. The number of hydrogen-bond donors (Lipinski definition) is 2. The highest BCUT2D eigenvalue weighted by Gasteiger charge is 2.29. The van der Waals surface area contributed by atoms with Crippen LogP contribution in [0.3, 0.4) is 0 Å². The van der Waals surface area contributed by atoms with E-state index in [1.807, 2.05) is 13.8 Å². The number of ether oxygens (including phenoxy) is 1. The van der Waals surface area contributed by atoms with Gasteiger partial charge in [0.15, 0.2) is 0 Å². The van der Waals surface area contributed by atoms with Crippen molar-refractivity contribution in [2.75, 3.05) is 0 Å². The molecule has 0 fully saturated rings. The summed E-state index contributed by atoms with van der Waals surface area (Å²) in [6.45, 7) is 6.69. The lowest BCUT2D eigenvalue weighted by molar-refractivity contribution is -0.143. The largest absolute Gasteiger partial charge is 0.491 e. The number of hydrogen-bond acceptors (Lipinski definition) is 3. The van der Waals surface area contributed by atoms with Gasteiger partial charge in [-0.25, -0.2) is 4.79 Å². The van der Waals surface area contributed by atoms with Crippen LogP contribution in [-0.2, 0) is 4.79 Å². The first-order valence-electron chi connectivity index (χ1n) is 6.05. The van der Waals surface area contributed by atoms with Crippen LogP contribution in [0, 0.1) is 0 Å². The number of aliphatic carboxylic acids is 1. The number of carbonyl (C=O) groups is 2. The van der Waals surface area contributed by atoms with E-state index >= 15 is 0 Å². The second kappa shape index (κ2) is 5.73. The molecule has 0 aromatic heterocycles. The minimum Gasteiger partial charge on any atom is -0.491 e. The maximum Gasteiger partial charge on any atom is 0.328 e. The Morgan fingerprint density at radius 3 is 2.16 bits per heavy atom. The maximum atomic E-state index is 11.9. The summed E-state index contributed by atoms with van der Waals surface area (Å²) >= 11 is 0. The lowest BCUT2D eigenvalue weighted by atomic mass is 10.1. The van der Waals surface area contributed by atoms with E-state index in [0.29, 0.717) is 11.3 Å². The standard InChI is InChI=1S/C14H19NO4/c1-9(2)19-11-7-5-10(6-8-11)12(16)15-14(3,4)13(17)18/h5-9H,1-4H3,(H,15,16)(H,17,18). The highest BCUT2D eigenvalue weighted by Crippen LogP contribution is 2.14. The lowest BCUT2D eigenvalue weighted by Gasteiger charge is -2.21. The number of benzene rings is 1. The molecule has 0 aliphatic heterocycles. The van der Waals surface area contributed by atoms with Gasteiger partial charge in [0.1, 0.15) is 11.3 Å². The molecule has 19 heavy (non-hydrogen) atoms. The van der Waals surface area contributed by atoms with Gasteiger partial charge >= 0.3 is 5.97 Å². The maximum absolute atomic E-state index is 11.9. The Hall–Kier alpha value is -2.04. The van der Waals surface area contributed by atoms with Gasteiger partial charge in [0.25, 0.3) is 5.91 Å². The van der Waals surface area contributed by atoms with Crippen molar-refractivity contribution >= 4 is 11.9 Å². The third-order valence-electron chi connectivity index (χ3n) is 2.45. The van der Waals surface area contributed by atoms with E-state index in [0.717, 1.165) is 0 Å². The van der Waals surface area contributed by atoms with Crippen molar-refractivity contribution in [1.82, 2.24) is 5.32 Å². The number of rotatable bonds is 5. The van der Waals surface area contributed by atoms with Gasteiger partial charge in [-0.2, -0.15) is 0 Å². The zero-order valence-electron chi connectivity index (χ0n) is 11.6. The van der Waals surface area contributed by atoms with Crippen molar-refractivity contribution < 1.29 is 19.4 Å². The summed E-state index contributed by atoms with van der Waals surface area (Å²) in [7, 11) is 0. The van der Waals surface area contributed by atoms with E-state index < -0.39 is 17.4 Å². The fourth-order valence-corrected chi connectivity index (χ4v) is 1.37. The Labute approximate surface area is 112 Å². The molecule has 1 rings (SSSR count). The van der Waals surface area contributed by atoms with Crippen LogP contribution >= 0.6 is 0 Å². The van der Waals surface area contributed by atoms with Crippen LogP contribution in [0.1, 0.15) is 38.1 Å². The average Bonchev–Trinajstić information content (AvgIpc) is 2.28. The molecule has 0 heterocycles. The van der Waals surface area contributed by atoms with Crippen LogP contribution in [-0.4, -0.2) is 28.6 Å². The Balaban J connectivity index is 2.76. The molecule has 1 aromatic carbocycles. The first kappa shape index (κ1) is 15.0. The molecule has 0 spiro atoms. The minimum atomic E-state index is -1.30. The van der Waals surface area contributed by atoms with Crippen LogP contribution in [0.4, 0.5) is 0 Å². The second-order valence-electron chi connectivity index (χ2n) is 5.08. The number of carbonyl (C=O) groups excluding carboxylic acids is 1. The van der Waals surface area contributed by atoms with Crippen molar-refractivity contribution in [2.45, 2.75) is 39.3 Å². The molecule has 0 unspecified atom stereocenters. The zero-order valence-corrected chi connectivity index (χ0v) is 11.6. The van der Waals surface area contributed by atoms with E-state index in [1.54, 1.807) is 24.3 Å². The first-order chi connectivity index (χ1) is 8.72. The minimum absolute atomic E-state index is 0.0608. The van der Waals surface area contributed by atoms with Crippen molar-refractivity contribution in [3.8, 4) is 5.75 Å². The summed E-state index contributed by atoms with van der Waals surface area (Å²) < 4.78 is 5.46. The topological polar surface area (TPSA) is 75.6 Å². The molecule has 0 aliphatic rings. The number of carboxylic acid groups (broad SMARTS) is 1. The smallest absolute Gasteiger partial charge is 0.328 e. The summed E-state index contributed by atoms with van der Waals surface area (Å²) in [5, 5.41) is 11.4. The number of carboxylic acids is 1. The Morgan fingerprint density at radius 2 is 1.74 bits per heavy atom. The van der Waals surface area contributed by atoms with Gasteiger partial charge in [0, 0.05) is 5.56 Å². The fraction of sp³-hybridized carbons (Fsp3) is 0.429. The van der Waals surface area contributed by atoms with E-state index in [-0.39, 0.29) is 6.10 Å². The van der Waals surface area contributed by atoms with Gasteiger partial charge in [-0.1, -0.05) is 0 Å². The highest BCUT2D eigenvalue weighted by molar-refractivity contribution is 5.97. The average molecular weight is 265 g/mol. The lowest BCUT2D eigenvalue weighted by Crippen LogP contribution is -2.49. The third kappa shape index (κ3) is 4.28. The molecule has 2 N–H and O–H groups in total. The van der Waals surface area contributed by atoms with Crippen LogP contribution in [0.25, 0.3) is 0 Å². The molecule has 0 saturated heterocycles. The van der Waals surface area contributed by atoms with Crippen LogP contribution in [0.2, 0.25) is 0 Å². The first-order valence-corrected chi connectivity index (χ1v) is 6.05. The van der Waals surface area contributed by atoms with Crippen molar-refractivity contribution in [1.29, 1.82) is 0 Å². The van der Waals surface area contributed by atoms with Crippen molar-refractivity contribution in [2.24, 2.45) is 0 Å². The second-order valence-corrected chi connectivity index (χ2v) is 5.08. The summed E-state index contributed by atoms with van der Waals surface area (Å²) in [6, 6.07) is 6.57. The molecule has 0 saturated carbocycles. The molecule has 0 radical (unpaired) electrons. The summed E-state index contributed by atoms with van der Waals surface area (Å²) in [6.07, 6.45) is 0.0608. The van der Waals surface area contributed by atoms with Crippen LogP contribution in [0.15, 0.2) is 24.3 Å². The molecule has 0 bridgehead atoms. The van der Waals surface area contributed by atoms with Crippen molar-refractivity contribution in [3.05, 3.63) is 29.8 Å². The summed E-state index contributed by atoms with van der Waals surface area (Å²) in [5.74, 6) is -0.840. The van der Waals surface area contributed by atoms with E-state index in [1.165, 1.54) is 13.8 Å². The molecule has 104 valence electrons. The SMILES string of the molecule is CC(C)Oc1ccc(C(=O)NC(C)(C)C(=O)O)cc1. The molecular formula is C14H19NO4. The summed E-state index contributed by atoms with van der Waals surface area (Å²) in [4.78, 5) is 22.8. The van der Waals surface area contributed by atoms with Crippen LogP contribution in [0.5, 0.6) is 5.75 Å². The number of nitrogens with one attached hydrogen (secondary N) is 1. The van der Waals surface area contributed by atoms with Gasteiger partial charge in [-0.3, -0.25) is 4.79 Å². The third-order valence-corrected chi connectivity index (χ3v) is 2.45. The van der Waals surface area contributed by atoms with E-state index in [2.05, 4.69) is 5.32 Å². The van der Waals surface area contributed by atoms with Gasteiger partial charge in [-0.15, -0.1) is 0 Å².